The molecule has 8 heteroatoms. The summed E-state index contributed by atoms with van der Waals surface area (Å²) >= 11 is 6.70. The Labute approximate surface area is 212 Å². The second-order valence-corrected chi connectivity index (χ2v) is 9.00. The Morgan fingerprint density at radius 3 is 2.42 bits per heavy atom. The lowest BCUT2D eigenvalue weighted by Gasteiger charge is -2.15. The fraction of sp³-hybridized carbons (Fsp3) is 0.250. The Morgan fingerprint density at radius 2 is 1.78 bits per heavy atom. The van der Waals surface area contributed by atoms with Crippen LogP contribution in [-0.4, -0.2) is 23.7 Å². The van der Waals surface area contributed by atoms with Gasteiger partial charge in [0.15, 0.2) is 0 Å². The molecule has 0 amide bonds. The van der Waals surface area contributed by atoms with Crippen molar-refractivity contribution in [2.45, 2.75) is 39.5 Å². The molecule has 1 N–H and O–H groups in total. The fourth-order valence-electron chi connectivity index (χ4n) is 4.16. The summed E-state index contributed by atoms with van der Waals surface area (Å²) in [5.74, 6) is 0.109. The summed E-state index contributed by atoms with van der Waals surface area (Å²) in [4.78, 5) is 15.5. The summed E-state index contributed by atoms with van der Waals surface area (Å²) in [7, 11) is 0. The Kier molecular flexibility index (Phi) is 7.31. The third-order valence-corrected chi connectivity index (χ3v) is 6.01. The molecule has 0 aliphatic heterocycles. The van der Waals surface area contributed by atoms with E-state index in [0.29, 0.717) is 22.2 Å². The minimum Gasteiger partial charge on any atom is -0.491 e. The highest BCUT2D eigenvalue weighted by Gasteiger charge is 2.30. The lowest BCUT2D eigenvalue weighted by atomic mass is 9.91. The molecule has 0 spiro atoms. The molecule has 0 unspecified atom stereocenters. The minimum atomic E-state index is -4.44. The zero-order valence-electron chi connectivity index (χ0n) is 20.0. The van der Waals surface area contributed by atoms with Crippen LogP contribution in [0, 0.1) is 0 Å². The molecule has 0 radical (unpaired) electrons. The van der Waals surface area contributed by atoms with Crippen molar-refractivity contribution in [3.8, 4) is 16.9 Å². The van der Waals surface area contributed by atoms with Crippen LogP contribution in [0.2, 0.25) is 5.02 Å². The van der Waals surface area contributed by atoms with E-state index in [9.17, 15) is 18.0 Å². The Balaban J connectivity index is 1.88. The van der Waals surface area contributed by atoms with E-state index in [1.807, 2.05) is 44.2 Å². The molecular weight excluding hydrogens is 491 g/mol. The zero-order chi connectivity index (χ0) is 26.0. The maximum Gasteiger partial charge on any atom is 0.416 e. The largest absolute Gasteiger partial charge is 0.491 e. The monoisotopic (exact) mass is 515 g/mol. The number of carbonyl (C=O) groups is 1. The minimum absolute atomic E-state index is 0.00186. The van der Waals surface area contributed by atoms with Crippen molar-refractivity contribution in [2.75, 3.05) is 6.61 Å². The summed E-state index contributed by atoms with van der Waals surface area (Å²) in [5, 5.41) is 0.800. The number of alkyl halides is 3. The third-order valence-electron chi connectivity index (χ3n) is 5.63. The van der Waals surface area contributed by atoms with Gasteiger partial charge in [0.2, 0.25) is 0 Å². The molecule has 188 valence electrons. The van der Waals surface area contributed by atoms with Gasteiger partial charge in [-0.15, -0.1) is 0 Å². The first-order chi connectivity index (χ1) is 17.1. The van der Waals surface area contributed by atoms with Crippen molar-refractivity contribution in [3.05, 3.63) is 88.1 Å². The van der Waals surface area contributed by atoms with Gasteiger partial charge in [0.05, 0.1) is 23.3 Å². The van der Waals surface area contributed by atoms with E-state index >= 15 is 0 Å². The normalized spacial score (nSPS) is 11.8. The van der Waals surface area contributed by atoms with Crippen LogP contribution >= 0.6 is 11.6 Å². The molecule has 1 aromatic heterocycles. The van der Waals surface area contributed by atoms with Crippen LogP contribution < -0.4 is 4.74 Å². The molecule has 0 bridgehead atoms. The maximum absolute atomic E-state index is 13.3. The third kappa shape index (κ3) is 5.36. The maximum atomic E-state index is 13.3. The number of H-pyrrole nitrogens is 1. The van der Waals surface area contributed by atoms with Crippen LogP contribution in [0.4, 0.5) is 13.2 Å². The highest BCUT2D eigenvalue weighted by Crippen LogP contribution is 2.40. The smallest absolute Gasteiger partial charge is 0.416 e. The summed E-state index contributed by atoms with van der Waals surface area (Å²) in [6, 6.07) is 16.3. The average Bonchev–Trinajstić information content (AvgIpc) is 3.16. The molecule has 0 saturated heterocycles. The number of nitrogens with one attached hydrogen (secondary N) is 1. The number of esters is 1. The molecule has 4 aromatic rings. The van der Waals surface area contributed by atoms with E-state index in [2.05, 4.69) is 4.98 Å². The second kappa shape index (κ2) is 10.3. The number of aromatic nitrogens is 1. The first-order valence-electron chi connectivity index (χ1n) is 11.5. The van der Waals surface area contributed by atoms with E-state index in [4.69, 9.17) is 21.1 Å². The standard InChI is InChI=1S/C28H25ClF3NO3/c1-4-35-27(34)26-25(29)24-22(33-26)13-10-19(14-17-6-5-7-20(15-17)28(30,31)32)23(24)18-8-11-21(12-9-18)36-16(2)3/h5-13,15-16,33H,4,14H2,1-3H3. The average molecular weight is 516 g/mol. The van der Waals surface area contributed by atoms with Crippen molar-refractivity contribution in [1.29, 1.82) is 0 Å². The van der Waals surface area contributed by atoms with Gasteiger partial charge in [0.1, 0.15) is 11.4 Å². The van der Waals surface area contributed by atoms with Gasteiger partial charge in [-0.25, -0.2) is 4.79 Å². The van der Waals surface area contributed by atoms with E-state index < -0.39 is 17.7 Å². The predicted octanol–water partition coefficient (Wildman–Crippen LogP) is 8.06. The molecule has 0 atom stereocenters. The Morgan fingerprint density at radius 1 is 1.06 bits per heavy atom. The Hall–Kier alpha value is -3.45. The van der Waals surface area contributed by atoms with E-state index in [0.717, 1.165) is 28.8 Å². The highest BCUT2D eigenvalue weighted by molar-refractivity contribution is 6.39. The molecule has 3 aromatic carbocycles. The Bertz CT molecular complexity index is 1390. The second-order valence-electron chi connectivity index (χ2n) is 8.62. The van der Waals surface area contributed by atoms with Gasteiger partial charge >= 0.3 is 12.1 Å². The fourth-order valence-corrected chi connectivity index (χ4v) is 4.48. The van der Waals surface area contributed by atoms with Crippen LogP contribution in [0.1, 0.15) is 48.0 Å². The highest BCUT2D eigenvalue weighted by atomic mass is 35.5. The van der Waals surface area contributed by atoms with Gasteiger partial charge in [-0.05, 0) is 73.7 Å². The topological polar surface area (TPSA) is 51.3 Å². The number of aromatic amines is 1. The zero-order valence-corrected chi connectivity index (χ0v) is 20.8. The number of hydrogen-bond donors (Lipinski definition) is 1. The molecule has 0 saturated carbocycles. The van der Waals surface area contributed by atoms with Gasteiger partial charge in [-0.3, -0.25) is 0 Å². The van der Waals surface area contributed by atoms with Crippen molar-refractivity contribution in [2.24, 2.45) is 0 Å². The van der Waals surface area contributed by atoms with Gasteiger partial charge in [0, 0.05) is 10.9 Å². The number of fused-ring (bicyclic) bond motifs is 1. The van der Waals surface area contributed by atoms with Crippen molar-refractivity contribution < 1.29 is 27.4 Å². The first-order valence-corrected chi connectivity index (χ1v) is 11.9. The number of rotatable bonds is 7. The number of hydrogen-bond acceptors (Lipinski definition) is 3. The van der Waals surface area contributed by atoms with E-state index in [-0.39, 0.29) is 29.8 Å². The molecule has 4 rings (SSSR count). The van der Waals surface area contributed by atoms with Crippen molar-refractivity contribution in [1.82, 2.24) is 4.98 Å². The van der Waals surface area contributed by atoms with Gasteiger partial charge < -0.3 is 14.5 Å². The van der Waals surface area contributed by atoms with Crippen LogP contribution in [0.5, 0.6) is 5.75 Å². The van der Waals surface area contributed by atoms with Gasteiger partial charge in [-0.2, -0.15) is 13.2 Å². The van der Waals surface area contributed by atoms with Crippen LogP contribution in [0.25, 0.3) is 22.0 Å². The summed E-state index contributed by atoms with van der Waals surface area (Å²) in [5.41, 5.74) is 2.81. The molecule has 0 aliphatic rings. The summed E-state index contributed by atoms with van der Waals surface area (Å²) in [6.45, 7) is 5.75. The van der Waals surface area contributed by atoms with Crippen LogP contribution in [0.3, 0.4) is 0 Å². The molecule has 0 aliphatic carbocycles. The van der Waals surface area contributed by atoms with Crippen molar-refractivity contribution >= 4 is 28.5 Å². The summed E-state index contributed by atoms with van der Waals surface area (Å²) < 4.78 is 50.8. The van der Waals surface area contributed by atoms with Crippen LogP contribution in [0.15, 0.2) is 60.7 Å². The first kappa shape index (κ1) is 25.6. The van der Waals surface area contributed by atoms with E-state index in [1.54, 1.807) is 19.1 Å². The lowest BCUT2D eigenvalue weighted by Crippen LogP contribution is -2.05. The lowest BCUT2D eigenvalue weighted by molar-refractivity contribution is -0.137. The molecule has 1 heterocycles. The number of carbonyl (C=O) groups excluding carboxylic acids is 1. The van der Waals surface area contributed by atoms with Crippen LogP contribution in [-0.2, 0) is 17.3 Å². The molecule has 0 fully saturated rings. The van der Waals surface area contributed by atoms with E-state index in [1.165, 1.54) is 6.07 Å². The number of halogens is 4. The molecular formula is C28H25ClF3NO3. The van der Waals surface area contributed by atoms with Gasteiger partial charge in [0.25, 0.3) is 0 Å². The molecule has 4 nitrogen and oxygen atoms in total. The SMILES string of the molecule is CCOC(=O)c1[nH]c2ccc(Cc3cccc(C(F)(F)F)c3)c(-c3ccc(OC(C)C)cc3)c2c1Cl. The predicted molar refractivity (Wildman–Crippen MR) is 135 cm³/mol. The quantitative estimate of drug-likeness (QED) is 0.253. The number of benzene rings is 3. The van der Waals surface area contributed by atoms with Crippen molar-refractivity contribution in [3.63, 3.8) is 0 Å². The number of ether oxygens (including phenoxy) is 2. The molecule has 36 heavy (non-hydrogen) atoms. The van der Waals surface area contributed by atoms with Gasteiger partial charge in [-0.1, -0.05) is 48.0 Å². The summed E-state index contributed by atoms with van der Waals surface area (Å²) in [6.07, 6.45) is -4.20.